The van der Waals surface area contributed by atoms with Crippen molar-refractivity contribution in [2.45, 2.75) is 84.0 Å². The summed E-state index contributed by atoms with van der Waals surface area (Å²) in [7, 11) is 0. The van der Waals surface area contributed by atoms with E-state index in [-0.39, 0.29) is 12.2 Å². The van der Waals surface area contributed by atoms with Gasteiger partial charge in [-0.15, -0.1) is 0 Å². The molecular formula is C17H32N2O2. The average molecular weight is 296 g/mol. The van der Waals surface area contributed by atoms with Crippen LogP contribution in [-0.2, 0) is 9.53 Å². The fourth-order valence-corrected chi connectivity index (χ4v) is 3.47. The summed E-state index contributed by atoms with van der Waals surface area (Å²) >= 11 is 0. The van der Waals surface area contributed by atoms with Crippen LogP contribution in [-0.4, -0.2) is 42.3 Å². The van der Waals surface area contributed by atoms with Gasteiger partial charge >= 0.3 is 0 Å². The summed E-state index contributed by atoms with van der Waals surface area (Å²) in [4.78, 5) is 14.7. The van der Waals surface area contributed by atoms with Crippen molar-refractivity contribution in [3.63, 3.8) is 0 Å². The van der Waals surface area contributed by atoms with Gasteiger partial charge in [0, 0.05) is 13.2 Å². The maximum absolute atomic E-state index is 12.6. The number of ether oxygens (including phenoxy) is 1. The van der Waals surface area contributed by atoms with Crippen molar-refractivity contribution in [3.8, 4) is 0 Å². The molecule has 0 aromatic carbocycles. The number of amides is 1. The van der Waals surface area contributed by atoms with Gasteiger partial charge in [0.15, 0.2) is 0 Å². The summed E-state index contributed by atoms with van der Waals surface area (Å²) in [6, 6.07) is 0.0334. The van der Waals surface area contributed by atoms with Gasteiger partial charge in [0.25, 0.3) is 0 Å². The molecule has 21 heavy (non-hydrogen) atoms. The highest BCUT2D eigenvalue weighted by Crippen LogP contribution is 2.22. The third-order valence-corrected chi connectivity index (χ3v) is 4.59. The lowest BCUT2D eigenvalue weighted by Gasteiger charge is -2.29. The first-order valence-electron chi connectivity index (χ1n) is 8.80. The molecule has 4 nitrogen and oxygen atoms in total. The number of rotatable bonds is 7. The maximum Gasteiger partial charge on any atom is 0.241 e. The number of hydrogen-bond acceptors (Lipinski definition) is 3. The van der Waals surface area contributed by atoms with Crippen LogP contribution < -0.4 is 5.32 Å². The molecule has 3 unspecified atom stereocenters. The Bertz CT molecular complexity index is 327. The highest BCUT2D eigenvalue weighted by atomic mass is 16.5. The van der Waals surface area contributed by atoms with Gasteiger partial charge in [-0.05, 0) is 44.4 Å². The fourth-order valence-electron chi connectivity index (χ4n) is 3.47. The molecule has 2 aliphatic heterocycles. The van der Waals surface area contributed by atoms with Gasteiger partial charge in [0.1, 0.15) is 0 Å². The molecule has 2 aliphatic rings. The third kappa shape index (κ3) is 4.68. The Morgan fingerprint density at radius 1 is 1.33 bits per heavy atom. The molecule has 0 bridgehead atoms. The number of nitrogens with one attached hydrogen (secondary N) is 1. The lowest BCUT2D eigenvalue weighted by atomic mass is 10.1. The molecule has 4 heteroatoms. The van der Waals surface area contributed by atoms with E-state index in [4.69, 9.17) is 4.74 Å². The standard InChI is InChI=1S/C17H32N2O2/c1-4-7-15-17(20)19(16(18-15)12-13(2)3)10-9-14-8-5-6-11-21-14/h13-16,18H,4-12H2,1-3H3. The van der Waals surface area contributed by atoms with Gasteiger partial charge in [-0.25, -0.2) is 0 Å². The van der Waals surface area contributed by atoms with Gasteiger partial charge in [0.2, 0.25) is 5.91 Å². The van der Waals surface area contributed by atoms with E-state index in [0.717, 1.165) is 45.3 Å². The third-order valence-electron chi connectivity index (χ3n) is 4.59. The van der Waals surface area contributed by atoms with Crippen molar-refractivity contribution in [1.29, 1.82) is 0 Å². The number of hydrogen-bond donors (Lipinski definition) is 1. The number of carbonyl (C=O) groups is 1. The number of nitrogens with zero attached hydrogens (tertiary/aromatic N) is 1. The Labute approximate surface area is 129 Å². The van der Waals surface area contributed by atoms with Crippen LogP contribution in [0.2, 0.25) is 0 Å². The quantitative estimate of drug-likeness (QED) is 0.785. The largest absolute Gasteiger partial charge is 0.378 e. The minimum Gasteiger partial charge on any atom is -0.378 e. The second kappa shape index (κ2) is 8.14. The predicted octanol–water partition coefficient (Wildman–Crippen LogP) is 2.92. The Kier molecular flexibility index (Phi) is 6.49. The molecule has 0 saturated carbocycles. The molecule has 1 N–H and O–H groups in total. The second-order valence-electron chi connectivity index (χ2n) is 6.96. The topological polar surface area (TPSA) is 41.6 Å². The molecule has 0 aromatic heterocycles. The SMILES string of the molecule is CCCC1NC(CC(C)C)N(CCC2CCCCO2)C1=O. The van der Waals surface area contributed by atoms with E-state index < -0.39 is 0 Å². The molecule has 0 aromatic rings. The summed E-state index contributed by atoms with van der Waals surface area (Å²) in [5, 5.41) is 3.55. The van der Waals surface area contributed by atoms with Gasteiger partial charge in [-0.3, -0.25) is 10.1 Å². The number of carbonyl (C=O) groups excluding carboxylic acids is 1. The molecule has 2 fully saturated rings. The molecule has 0 spiro atoms. The van der Waals surface area contributed by atoms with Crippen molar-refractivity contribution < 1.29 is 9.53 Å². The minimum atomic E-state index is 0.0334. The highest BCUT2D eigenvalue weighted by Gasteiger charge is 2.38. The summed E-state index contributed by atoms with van der Waals surface area (Å²) in [6.07, 6.45) is 8.22. The van der Waals surface area contributed by atoms with Crippen molar-refractivity contribution in [2.75, 3.05) is 13.2 Å². The Balaban J connectivity index is 1.90. The average Bonchev–Trinajstić information content (AvgIpc) is 2.74. The smallest absolute Gasteiger partial charge is 0.241 e. The van der Waals surface area contributed by atoms with E-state index >= 15 is 0 Å². The van der Waals surface area contributed by atoms with Crippen LogP contribution in [0.4, 0.5) is 0 Å². The predicted molar refractivity (Wildman–Crippen MR) is 85.0 cm³/mol. The van der Waals surface area contributed by atoms with E-state index in [0.29, 0.717) is 17.9 Å². The molecule has 2 saturated heterocycles. The van der Waals surface area contributed by atoms with E-state index in [1.807, 2.05) is 0 Å². The van der Waals surface area contributed by atoms with Crippen molar-refractivity contribution in [1.82, 2.24) is 10.2 Å². The van der Waals surface area contributed by atoms with E-state index in [1.54, 1.807) is 0 Å². The summed E-state index contributed by atoms with van der Waals surface area (Å²) in [5.41, 5.74) is 0. The van der Waals surface area contributed by atoms with Gasteiger partial charge < -0.3 is 9.64 Å². The van der Waals surface area contributed by atoms with Crippen molar-refractivity contribution in [2.24, 2.45) is 5.92 Å². The molecule has 2 rings (SSSR count). The van der Waals surface area contributed by atoms with Crippen LogP contribution in [0.3, 0.4) is 0 Å². The van der Waals surface area contributed by atoms with Crippen LogP contribution in [0, 0.1) is 5.92 Å². The molecule has 0 aliphatic carbocycles. The van der Waals surface area contributed by atoms with Crippen LogP contribution >= 0.6 is 0 Å². The van der Waals surface area contributed by atoms with Crippen LogP contribution in [0.15, 0.2) is 0 Å². The molecule has 1 amide bonds. The normalized spacial score (nSPS) is 30.4. The summed E-state index contributed by atoms with van der Waals surface area (Å²) in [5.74, 6) is 0.905. The Morgan fingerprint density at radius 3 is 2.76 bits per heavy atom. The zero-order valence-corrected chi connectivity index (χ0v) is 13.9. The first-order valence-corrected chi connectivity index (χ1v) is 8.80. The van der Waals surface area contributed by atoms with Crippen LogP contribution in [0.1, 0.15) is 65.7 Å². The Morgan fingerprint density at radius 2 is 2.14 bits per heavy atom. The highest BCUT2D eigenvalue weighted by molar-refractivity contribution is 5.84. The van der Waals surface area contributed by atoms with Gasteiger partial charge in [0.05, 0.1) is 18.3 Å². The molecular weight excluding hydrogens is 264 g/mol. The monoisotopic (exact) mass is 296 g/mol. The fraction of sp³-hybridized carbons (Fsp3) is 0.941. The van der Waals surface area contributed by atoms with Crippen molar-refractivity contribution >= 4 is 5.91 Å². The first-order chi connectivity index (χ1) is 10.1. The molecule has 0 radical (unpaired) electrons. The molecule has 3 atom stereocenters. The van der Waals surface area contributed by atoms with E-state index in [2.05, 4.69) is 31.0 Å². The zero-order chi connectivity index (χ0) is 15.2. The summed E-state index contributed by atoms with van der Waals surface area (Å²) < 4.78 is 5.81. The molecule has 122 valence electrons. The summed E-state index contributed by atoms with van der Waals surface area (Å²) in [6.45, 7) is 8.33. The van der Waals surface area contributed by atoms with E-state index in [9.17, 15) is 4.79 Å². The molecule has 2 heterocycles. The Hall–Kier alpha value is -0.610. The minimum absolute atomic E-state index is 0.0334. The van der Waals surface area contributed by atoms with Crippen molar-refractivity contribution in [3.05, 3.63) is 0 Å². The van der Waals surface area contributed by atoms with Gasteiger partial charge in [-0.1, -0.05) is 27.2 Å². The van der Waals surface area contributed by atoms with Crippen LogP contribution in [0.5, 0.6) is 0 Å². The van der Waals surface area contributed by atoms with Gasteiger partial charge in [-0.2, -0.15) is 0 Å². The zero-order valence-electron chi connectivity index (χ0n) is 13.9. The lowest BCUT2D eigenvalue weighted by Crippen LogP contribution is -2.40. The van der Waals surface area contributed by atoms with E-state index in [1.165, 1.54) is 12.8 Å². The second-order valence-corrected chi connectivity index (χ2v) is 6.96. The maximum atomic E-state index is 12.6. The lowest BCUT2D eigenvalue weighted by molar-refractivity contribution is -0.130. The first kappa shape index (κ1) is 16.8. The van der Waals surface area contributed by atoms with Crippen LogP contribution in [0.25, 0.3) is 0 Å².